The first-order valence-corrected chi connectivity index (χ1v) is 30.3. The average Bonchev–Trinajstić information content (AvgIpc) is 3.38. The number of benzene rings is 4. The van der Waals surface area contributed by atoms with Gasteiger partial charge in [-0.2, -0.15) is 5.10 Å². The van der Waals surface area contributed by atoms with Gasteiger partial charge in [-0.25, -0.2) is 9.37 Å². The monoisotopic (exact) mass is 1170 g/mol. The number of nitrogens with zero attached hydrogens (tertiary/aromatic N) is 6. The molecule has 3 aromatic heterocycles. The summed E-state index contributed by atoms with van der Waals surface area (Å²) in [6.07, 6.45) is 12.4. The Balaban J connectivity index is 0.637. The van der Waals surface area contributed by atoms with Gasteiger partial charge < -0.3 is 45.6 Å². The molecule has 1 saturated carbocycles. The Labute approximate surface area is 498 Å². The third-order valence-electron chi connectivity index (χ3n) is 16.5. The zero-order valence-corrected chi connectivity index (χ0v) is 49.7. The Hall–Kier alpha value is -8.07. The summed E-state index contributed by atoms with van der Waals surface area (Å²) in [6, 6.07) is 24.8. The lowest BCUT2D eigenvalue weighted by Gasteiger charge is -2.35. The maximum Gasteiger partial charge on any atom is 0.243 e. The number of aromatic nitrogens is 4. The van der Waals surface area contributed by atoms with Gasteiger partial charge in [0.2, 0.25) is 29.5 Å². The van der Waals surface area contributed by atoms with Gasteiger partial charge in [0.1, 0.15) is 34.5 Å². The highest BCUT2D eigenvalue weighted by atomic mass is 32.1. The lowest BCUT2D eigenvalue weighted by molar-refractivity contribution is -0.142. The molecule has 0 radical (unpaired) electrons. The lowest BCUT2D eigenvalue weighted by atomic mass is 9.85. The molecule has 85 heavy (non-hydrogen) atoms. The van der Waals surface area contributed by atoms with Crippen molar-refractivity contribution in [3.63, 3.8) is 0 Å². The number of pyridine rings is 1. The molecule has 7 aromatic rings. The number of rotatable bonds is 23. The summed E-state index contributed by atoms with van der Waals surface area (Å²) < 4.78 is 27.6. The standard InChI is InChI=1S/C65H75FN10O8S/c1-41-58(85-40-70-41)43-14-12-42(13-15-43)36-69-60(79)54-33-49(77)39-75(54)61(80)59(64(2,3)4)68-29-10-8-6-7-9-11-57(78)74-31-25-48(26-32-74)76-38-44(37-71-76)51-34-53-52(35-56(51)83-5)55(24-30-67-53)84-50-22-20-47(21-23-50)73-63(82)65(27-28-65)62(81)72-46-18-16-45(66)17-19-46/h12-24,30,34-35,37-38,40,48-49,54,59,68,77H,6-11,25-29,31-33,36,39H2,1-5H3,(H,69,79)(H,72,81)(H,73,82)/t49-,54+,59-/m1/s1. The summed E-state index contributed by atoms with van der Waals surface area (Å²) in [4.78, 5) is 81.0. The van der Waals surface area contributed by atoms with Gasteiger partial charge in [0.15, 0.2) is 0 Å². The van der Waals surface area contributed by atoms with Crippen LogP contribution in [0, 0.1) is 23.6 Å². The Morgan fingerprint density at radius 3 is 2.18 bits per heavy atom. The van der Waals surface area contributed by atoms with Crippen molar-refractivity contribution < 1.29 is 42.9 Å². The zero-order chi connectivity index (χ0) is 59.8. The minimum absolute atomic E-state index is 0.113. The van der Waals surface area contributed by atoms with E-state index in [0.717, 1.165) is 83.2 Å². The fourth-order valence-corrected chi connectivity index (χ4v) is 12.2. The molecule has 1 aliphatic carbocycles. The summed E-state index contributed by atoms with van der Waals surface area (Å²) in [6.45, 7) is 10.4. The molecule has 446 valence electrons. The molecule has 2 aliphatic heterocycles. The van der Waals surface area contributed by atoms with Crippen LogP contribution in [0.5, 0.6) is 17.2 Å². The van der Waals surface area contributed by atoms with Crippen LogP contribution in [-0.2, 0) is 30.5 Å². The van der Waals surface area contributed by atoms with E-state index in [9.17, 15) is 33.5 Å². The highest BCUT2D eigenvalue weighted by Crippen LogP contribution is 2.48. The van der Waals surface area contributed by atoms with Gasteiger partial charge in [0, 0.05) is 79.3 Å². The predicted octanol–water partition coefficient (Wildman–Crippen LogP) is 10.6. The fourth-order valence-electron chi connectivity index (χ4n) is 11.4. The number of ether oxygens (including phenoxy) is 2. The number of halogens is 1. The second kappa shape index (κ2) is 26.5. The van der Waals surface area contributed by atoms with Crippen LogP contribution in [0.3, 0.4) is 0 Å². The number of unbranched alkanes of at least 4 members (excludes halogenated alkanes) is 4. The number of carbonyl (C=O) groups excluding carboxylic acids is 5. The summed E-state index contributed by atoms with van der Waals surface area (Å²) in [5.41, 5.74) is 6.52. The summed E-state index contributed by atoms with van der Waals surface area (Å²) >= 11 is 1.59. The maximum atomic E-state index is 14.1. The molecule has 10 rings (SSSR count). The fraction of sp³-hybridized carbons (Fsp3) is 0.415. The molecule has 5 heterocycles. The number of hydrogen-bond donors (Lipinski definition) is 5. The van der Waals surface area contributed by atoms with Crippen LogP contribution in [0.2, 0.25) is 0 Å². The molecule has 3 fully saturated rings. The highest BCUT2D eigenvalue weighted by Gasteiger charge is 2.56. The molecular weight excluding hydrogens is 1100 g/mol. The summed E-state index contributed by atoms with van der Waals surface area (Å²) in [7, 11) is 1.62. The number of nitrogens with one attached hydrogen (secondary N) is 4. The molecule has 5 N–H and O–H groups in total. The highest BCUT2D eigenvalue weighted by molar-refractivity contribution is 7.13. The molecule has 0 spiro atoms. The maximum absolute atomic E-state index is 14.1. The molecule has 18 nitrogen and oxygen atoms in total. The largest absolute Gasteiger partial charge is 0.496 e. The van der Waals surface area contributed by atoms with Gasteiger partial charge in [-0.05, 0) is 135 Å². The number of carbonyl (C=O) groups is 5. The van der Waals surface area contributed by atoms with Crippen molar-refractivity contribution >= 4 is 63.2 Å². The van der Waals surface area contributed by atoms with Crippen molar-refractivity contribution in [1.82, 2.24) is 40.2 Å². The molecule has 2 saturated heterocycles. The first kappa shape index (κ1) is 60.1. The number of likely N-dealkylation sites (tertiary alicyclic amines) is 2. The number of aryl methyl sites for hydroxylation is 1. The quantitative estimate of drug-likeness (QED) is 0.0298. The number of hydrogen-bond acceptors (Lipinski definition) is 13. The first-order valence-electron chi connectivity index (χ1n) is 29.4. The van der Waals surface area contributed by atoms with E-state index < -0.39 is 46.6 Å². The van der Waals surface area contributed by atoms with Crippen LogP contribution < -0.4 is 30.7 Å². The minimum atomic E-state index is -1.19. The normalized spacial score (nSPS) is 17.1. The number of fused-ring (bicyclic) bond motifs is 1. The van der Waals surface area contributed by atoms with Crippen LogP contribution in [0.4, 0.5) is 15.8 Å². The number of anilines is 2. The van der Waals surface area contributed by atoms with Crippen molar-refractivity contribution in [2.45, 2.75) is 129 Å². The Morgan fingerprint density at radius 1 is 0.835 bits per heavy atom. The Morgan fingerprint density at radius 2 is 1.52 bits per heavy atom. The summed E-state index contributed by atoms with van der Waals surface area (Å²) in [5.74, 6) is 0.165. The minimum Gasteiger partial charge on any atom is -0.496 e. The van der Waals surface area contributed by atoms with Gasteiger partial charge in [-0.3, -0.25) is 33.6 Å². The number of aliphatic hydroxyl groups is 1. The molecule has 3 atom stereocenters. The van der Waals surface area contributed by atoms with Gasteiger partial charge in [0.25, 0.3) is 0 Å². The van der Waals surface area contributed by atoms with Crippen LogP contribution in [0.15, 0.2) is 115 Å². The number of methoxy groups -OCH3 is 1. The van der Waals surface area contributed by atoms with E-state index >= 15 is 0 Å². The molecule has 4 aromatic carbocycles. The number of amides is 5. The number of thiazole rings is 1. The topological polar surface area (TPSA) is 222 Å². The SMILES string of the molecule is COc1cc2c(Oc3ccc(NC(=O)C4(C(=O)Nc5ccc(F)cc5)CC4)cc3)ccnc2cc1-c1cnn(C2CCN(C(=O)CCCCCCCN[C@H](C(=O)N3C[C@H](O)C[C@H]3C(=O)NCc3ccc(-c4scnc4C)cc3)C(C)(C)C)CC2)c1. The third kappa shape index (κ3) is 14.4. The van der Waals surface area contributed by atoms with Gasteiger partial charge >= 0.3 is 0 Å². The second-order valence-electron chi connectivity index (χ2n) is 23.7. The van der Waals surface area contributed by atoms with E-state index in [4.69, 9.17) is 14.6 Å². The molecule has 0 unspecified atom stereocenters. The molecule has 5 amide bonds. The van der Waals surface area contributed by atoms with E-state index in [0.29, 0.717) is 79.6 Å². The van der Waals surface area contributed by atoms with E-state index in [-0.39, 0.29) is 36.7 Å². The second-order valence-corrected chi connectivity index (χ2v) is 24.5. The van der Waals surface area contributed by atoms with Crippen LogP contribution in [0.1, 0.15) is 109 Å². The van der Waals surface area contributed by atoms with Crippen molar-refractivity contribution in [1.29, 1.82) is 0 Å². The number of β-amino-alcohol motifs (C(OH)–C–C–N with tert-alkyl or cyclic N) is 1. The van der Waals surface area contributed by atoms with Gasteiger partial charge in [-0.1, -0.05) is 64.3 Å². The lowest BCUT2D eigenvalue weighted by Crippen LogP contribution is -2.56. The van der Waals surface area contributed by atoms with Crippen LogP contribution >= 0.6 is 11.3 Å². The number of aliphatic hydroxyl groups excluding tert-OH is 1. The van der Waals surface area contributed by atoms with E-state index in [1.54, 1.807) is 59.9 Å². The predicted molar refractivity (Wildman–Crippen MR) is 325 cm³/mol. The van der Waals surface area contributed by atoms with Crippen LogP contribution in [-0.4, -0.2) is 116 Å². The molecular formula is C65H75FN10O8S. The smallest absolute Gasteiger partial charge is 0.243 e. The van der Waals surface area contributed by atoms with E-state index in [1.807, 2.05) is 91.6 Å². The van der Waals surface area contributed by atoms with Gasteiger partial charge in [0.05, 0.1) is 53.1 Å². The Kier molecular flexibility index (Phi) is 18.7. The summed E-state index contributed by atoms with van der Waals surface area (Å²) in [5, 5.41) is 28.3. The molecule has 20 heteroatoms. The van der Waals surface area contributed by atoms with E-state index in [2.05, 4.69) is 31.2 Å². The zero-order valence-electron chi connectivity index (χ0n) is 48.9. The Bertz CT molecular complexity index is 3500. The molecule has 3 aliphatic rings. The van der Waals surface area contributed by atoms with Crippen molar-refractivity contribution in [3.8, 4) is 38.8 Å². The third-order valence-corrected chi connectivity index (χ3v) is 17.5. The molecule has 0 bridgehead atoms. The van der Waals surface area contributed by atoms with Crippen molar-refractivity contribution in [2.75, 3.05) is 43.9 Å². The van der Waals surface area contributed by atoms with E-state index in [1.165, 1.54) is 24.3 Å². The average molecular weight is 1180 g/mol. The van der Waals surface area contributed by atoms with Crippen molar-refractivity contribution in [3.05, 3.63) is 132 Å². The first-order chi connectivity index (χ1) is 41.0. The van der Waals surface area contributed by atoms with Crippen LogP contribution in [0.25, 0.3) is 32.5 Å². The number of piperidine rings is 1. The van der Waals surface area contributed by atoms with Crippen molar-refractivity contribution in [2.24, 2.45) is 10.8 Å². The van der Waals surface area contributed by atoms with Gasteiger partial charge in [-0.15, -0.1) is 11.3 Å².